The highest BCUT2D eigenvalue weighted by atomic mass is 32.1. The first-order chi connectivity index (χ1) is 13.3. The molecule has 0 saturated heterocycles. The molecule has 0 atom stereocenters. The molecule has 1 amide bonds. The van der Waals surface area contributed by atoms with Crippen LogP contribution < -0.4 is 5.32 Å². The van der Waals surface area contributed by atoms with Crippen LogP contribution in [0.4, 0.5) is 0 Å². The van der Waals surface area contributed by atoms with Gasteiger partial charge in [0.05, 0.1) is 31.6 Å². The summed E-state index contributed by atoms with van der Waals surface area (Å²) < 4.78 is 7.74. The minimum atomic E-state index is 0.0377. The van der Waals surface area contributed by atoms with E-state index in [9.17, 15) is 4.79 Å². The maximum Gasteiger partial charge on any atom is 0.234 e. The summed E-state index contributed by atoms with van der Waals surface area (Å²) in [6, 6.07) is 6.24. The molecule has 6 nitrogen and oxygen atoms in total. The Morgan fingerprint density at radius 1 is 1.39 bits per heavy atom. The van der Waals surface area contributed by atoms with E-state index in [0.717, 1.165) is 28.6 Å². The number of nitrogens with zero attached hydrogens (tertiary/aromatic N) is 3. The van der Waals surface area contributed by atoms with Crippen LogP contribution in [-0.4, -0.2) is 40.0 Å². The molecular formula is C21H28N4O2S. The zero-order valence-electron chi connectivity index (χ0n) is 17.2. The first kappa shape index (κ1) is 20.4. The van der Waals surface area contributed by atoms with Crippen molar-refractivity contribution >= 4 is 17.2 Å². The Balaban J connectivity index is 1.69. The number of aromatic nitrogens is 2. The van der Waals surface area contributed by atoms with Crippen molar-refractivity contribution in [2.24, 2.45) is 0 Å². The number of amides is 1. The Labute approximate surface area is 170 Å². The Bertz CT molecular complexity index is 925. The lowest BCUT2D eigenvalue weighted by molar-refractivity contribution is -0.122. The second-order valence-electron chi connectivity index (χ2n) is 7.47. The van der Waals surface area contributed by atoms with Crippen molar-refractivity contribution in [3.05, 3.63) is 52.0 Å². The van der Waals surface area contributed by atoms with Gasteiger partial charge in [-0.05, 0) is 52.9 Å². The lowest BCUT2D eigenvalue weighted by Gasteiger charge is -2.16. The van der Waals surface area contributed by atoms with Gasteiger partial charge < -0.3 is 14.3 Å². The molecule has 7 heteroatoms. The molecule has 3 aromatic rings. The number of carbonyl (C=O) groups is 1. The van der Waals surface area contributed by atoms with Crippen molar-refractivity contribution < 1.29 is 9.21 Å². The lowest BCUT2D eigenvalue weighted by Crippen LogP contribution is -2.38. The van der Waals surface area contributed by atoms with Crippen molar-refractivity contribution in [3.63, 3.8) is 0 Å². The summed E-state index contributed by atoms with van der Waals surface area (Å²) in [6.45, 7) is 9.89. The summed E-state index contributed by atoms with van der Waals surface area (Å²) >= 11 is 1.63. The summed E-state index contributed by atoms with van der Waals surface area (Å²) in [5.74, 6) is 0.976. The van der Waals surface area contributed by atoms with Gasteiger partial charge in [0.15, 0.2) is 0 Å². The van der Waals surface area contributed by atoms with Crippen LogP contribution in [0.3, 0.4) is 0 Å². The summed E-state index contributed by atoms with van der Waals surface area (Å²) in [7, 11) is 1.94. The van der Waals surface area contributed by atoms with Gasteiger partial charge in [-0.2, -0.15) is 0 Å². The Hall–Kier alpha value is -2.38. The molecule has 3 rings (SSSR count). The molecule has 0 fully saturated rings. The normalized spacial score (nSPS) is 11.5. The molecule has 0 aliphatic rings. The third-order valence-electron chi connectivity index (χ3n) is 4.56. The maximum absolute atomic E-state index is 11.9. The van der Waals surface area contributed by atoms with Crippen LogP contribution in [0.5, 0.6) is 0 Å². The maximum atomic E-state index is 11.9. The van der Waals surface area contributed by atoms with Crippen LogP contribution in [0.2, 0.25) is 0 Å². The highest BCUT2D eigenvalue weighted by molar-refractivity contribution is 7.09. The molecule has 0 spiro atoms. The van der Waals surface area contributed by atoms with E-state index < -0.39 is 0 Å². The van der Waals surface area contributed by atoms with Gasteiger partial charge in [-0.15, -0.1) is 11.3 Å². The molecule has 0 radical (unpaired) electrons. The fourth-order valence-corrected chi connectivity index (χ4v) is 4.14. The van der Waals surface area contributed by atoms with Gasteiger partial charge >= 0.3 is 0 Å². The third-order valence-corrected chi connectivity index (χ3v) is 5.40. The first-order valence-corrected chi connectivity index (χ1v) is 10.3. The number of hydrogen-bond donors (Lipinski definition) is 1. The SMILES string of the molecule is Cc1cc(-c2csc(CN(C)CC(=O)NC(C)C)n2)c(C)n1Cc1ccco1. The molecule has 0 aromatic carbocycles. The van der Waals surface area contributed by atoms with E-state index in [0.29, 0.717) is 13.1 Å². The predicted molar refractivity (Wildman–Crippen MR) is 112 cm³/mol. The van der Waals surface area contributed by atoms with E-state index in [1.807, 2.05) is 37.9 Å². The molecule has 0 aliphatic heterocycles. The average molecular weight is 401 g/mol. The quantitative estimate of drug-likeness (QED) is 0.624. The van der Waals surface area contributed by atoms with Crippen molar-refractivity contribution in [2.45, 2.75) is 46.8 Å². The van der Waals surface area contributed by atoms with Crippen molar-refractivity contribution in [1.82, 2.24) is 19.8 Å². The standard InChI is InChI=1S/C21H28N4O2S/c1-14(2)22-20(26)11-24(5)12-21-23-19(13-28-21)18-9-15(3)25(16(18)4)10-17-7-6-8-27-17/h6-9,13-14H,10-12H2,1-5H3,(H,22,26). The summed E-state index contributed by atoms with van der Waals surface area (Å²) in [5.41, 5.74) is 4.49. The van der Waals surface area contributed by atoms with Gasteiger partial charge in [-0.3, -0.25) is 9.69 Å². The van der Waals surface area contributed by atoms with E-state index in [1.165, 1.54) is 11.4 Å². The number of hydrogen-bond acceptors (Lipinski definition) is 5. The highest BCUT2D eigenvalue weighted by Crippen LogP contribution is 2.29. The summed E-state index contributed by atoms with van der Waals surface area (Å²) in [6.07, 6.45) is 1.70. The molecule has 28 heavy (non-hydrogen) atoms. The lowest BCUT2D eigenvalue weighted by atomic mass is 10.2. The first-order valence-electron chi connectivity index (χ1n) is 9.45. The second-order valence-corrected chi connectivity index (χ2v) is 8.41. The van der Waals surface area contributed by atoms with Crippen LogP contribution in [0, 0.1) is 13.8 Å². The zero-order chi connectivity index (χ0) is 20.3. The Morgan fingerprint density at radius 3 is 2.86 bits per heavy atom. The van der Waals surface area contributed by atoms with E-state index in [-0.39, 0.29) is 11.9 Å². The van der Waals surface area contributed by atoms with Gasteiger partial charge in [-0.25, -0.2) is 4.98 Å². The fraction of sp³-hybridized carbons (Fsp3) is 0.429. The van der Waals surface area contributed by atoms with Gasteiger partial charge in [0, 0.05) is 28.4 Å². The van der Waals surface area contributed by atoms with E-state index in [1.54, 1.807) is 17.6 Å². The fourth-order valence-electron chi connectivity index (χ4n) is 3.27. The molecule has 3 heterocycles. The van der Waals surface area contributed by atoms with E-state index in [4.69, 9.17) is 9.40 Å². The number of thiazole rings is 1. The van der Waals surface area contributed by atoms with Crippen molar-refractivity contribution in [2.75, 3.05) is 13.6 Å². The minimum Gasteiger partial charge on any atom is -0.467 e. The molecular weight excluding hydrogens is 372 g/mol. The predicted octanol–water partition coefficient (Wildman–Crippen LogP) is 3.83. The average Bonchev–Trinajstić information content (AvgIpc) is 3.32. The van der Waals surface area contributed by atoms with Crippen molar-refractivity contribution in [1.29, 1.82) is 0 Å². The minimum absolute atomic E-state index is 0.0377. The number of furan rings is 1. The monoisotopic (exact) mass is 400 g/mol. The van der Waals surface area contributed by atoms with Crippen LogP contribution in [-0.2, 0) is 17.9 Å². The summed E-state index contributed by atoms with van der Waals surface area (Å²) in [5, 5.41) is 6.02. The summed E-state index contributed by atoms with van der Waals surface area (Å²) in [4.78, 5) is 18.7. The molecule has 150 valence electrons. The van der Waals surface area contributed by atoms with Crippen LogP contribution in [0.1, 0.15) is 36.0 Å². The van der Waals surface area contributed by atoms with Gasteiger partial charge in [0.2, 0.25) is 5.91 Å². The van der Waals surface area contributed by atoms with Gasteiger partial charge in [-0.1, -0.05) is 0 Å². The van der Waals surface area contributed by atoms with Crippen LogP contribution in [0.15, 0.2) is 34.3 Å². The molecule has 0 unspecified atom stereocenters. The number of aryl methyl sites for hydroxylation is 1. The number of carbonyl (C=O) groups excluding carboxylic acids is 1. The molecule has 3 aromatic heterocycles. The topological polar surface area (TPSA) is 63.3 Å². The van der Waals surface area contributed by atoms with E-state index in [2.05, 4.69) is 35.2 Å². The molecule has 1 N–H and O–H groups in total. The number of likely N-dealkylation sites (N-methyl/N-ethyl adjacent to an activating group) is 1. The van der Waals surface area contributed by atoms with Crippen molar-refractivity contribution in [3.8, 4) is 11.3 Å². The number of nitrogens with one attached hydrogen (secondary N) is 1. The van der Waals surface area contributed by atoms with Crippen LogP contribution in [0.25, 0.3) is 11.3 Å². The third kappa shape index (κ3) is 4.91. The number of rotatable bonds is 8. The highest BCUT2D eigenvalue weighted by Gasteiger charge is 2.16. The largest absolute Gasteiger partial charge is 0.467 e. The second kappa shape index (κ2) is 8.75. The molecule has 0 saturated carbocycles. The van der Waals surface area contributed by atoms with Gasteiger partial charge in [0.1, 0.15) is 10.8 Å². The Morgan fingerprint density at radius 2 is 2.18 bits per heavy atom. The zero-order valence-corrected chi connectivity index (χ0v) is 18.0. The molecule has 0 aliphatic carbocycles. The molecule has 0 bridgehead atoms. The van der Waals surface area contributed by atoms with Crippen LogP contribution >= 0.6 is 11.3 Å². The smallest absolute Gasteiger partial charge is 0.234 e. The Kier molecular flexibility index (Phi) is 6.36. The van der Waals surface area contributed by atoms with E-state index >= 15 is 0 Å². The van der Waals surface area contributed by atoms with Gasteiger partial charge in [0.25, 0.3) is 0 Å².